The van der Waals surface area contributed by atoms with Crippen LogP contribution in [0, 0.1) is 0 Å². The molecule has 2 unspecified atom stereocenters. The second-order valence-corrected chi connectivity index (χ2v) is 6.40. The Balaban J connectivity index is 2.40. The molecule has 0 bridgehead atoms. The van der Waals surface area contributed by atoms with Gasteiger partial charge in [0, 0.05) is 11.6 Å². The lowest BCUT2D eigenvalue weighted by molar-refractivity contribution is 0.114. The van der Waals surface area contributed by atoms with Crippen molar-refractivity contribution >= 4 is 0 Å². The van der Waals surface area contributed by atoms with Gasteiger partial charge < -0.3 is 15.3 Å². The van der Waals surface area contributed by atoms with E-state index in [0.29, 0.717) is 0 Å². The molecule has 2 atom stereocenters. The quantitative estimate of drug-likeness (QED) is 0.647. The summed E-state index contributed by atoms with van der Waals surface area (Å²) in [7, 11) is 0. The molecule has 1 heterocycles. The minimum Gasteiger partial charge on any atom is -0.394 e. The maximum Gasteiger partial charge on any atom is 0.0613 e. The molecule has 0 amide bonds. The highest BCUT2D eigenvalue weighted by molar-refractivity contribution is 4.86. The summed E-state index contributed by atoms with van der Waals surface area (Å²) < 4.78 is 0. The highest BCUT2D eigenvalue weighted by Crippen LogP contribution is 2.23. The van der Waals surface area contributed by atoms with Gasteiger partial charge in [0.1, 0.15) is 0 Å². The molecule has 0 aromatic rings. The number of rotatable bonds is 10. The zero-order valence-electron chi connectivity index (χ0n) is 14.0. The monoisotopic (exact) mass is 284 g/mol. The Bertz CT molecular complexity index is 239. The summed E-state index contributed by atoms with van der Waals surface area (Å²) in [6, 6.07) is 0.818. The number of nitrogens with one attached hydrogen (secondary N) is 1. The Morgan fingerprint density at radius 1 is 1.25 bits per heavy atom. The zero-order valence-corrected chi connectivity index (χ0v) is 14.0. The first kappa shape index (κ1) is 17.9. The summed E-state index contributed by atoms with van der Waals surface area (Å²) in [6.07, 6.45) is 10.1. The first-order valence-electron chi connectivity index (χ1n) is 8.81. The fraction of sp³-hybridized carbons (Fsp3) is 1.00. The Morgan fingerprint density at radius 3 is 2.65 bits per heavy atom. The van der Waals surface area contributed by atoms with E-state index in [0.717, 1.165) is 25.4 Å². The maximum absolute atomic E-state index is 9.70. The van der Waals surface area contributed by atoms with E-state index in [-0.39, 0.29) is 12.1 Å². The van der Waals surface area contributed by atoms with Gasteiger partial charge in [-0.3, -0.25) is 0 Å². The average molecular weight is 284 g/mol. The average Bonchev–Trinajstić information content (AvgIpc) is 2.48. The summed E-state index contributed by atoms with van der Waals surface area (Å²) >= 11 is 0. The summed E-state index contributed by atoms with van der Waals surface area (Å²) in [6.45, 7) is 10.3. The molecule has 1 saturated heterocycles. The lowest BCUT2D eigenvalue weighted by Crippen LogP contribution is -2.48. The Kier molecular flexibility index (Phi) is 8.74. The number of aliphatic hydroxyl groups excluding tert-OH is 1. The van der Waals surface area contributed by atoms with Gasteiger partial charge in [0.15, 0.2) is 0 Å². The van der Waals surface area contributed by atoms with Crippen molar-refractivity contribution in [2.45, 2.75) is 83.7 Å². The fourth-order valence-electron chi connectivity index (χ4n) is 3.65. The zero-order chi connectivity index (χ0) is 14.8. The van der Waals surface area contributed by atoms with Gasteiger partial charge in [-0.05, 0) is 58.2 Å². The molecule has 0 aromatic carbocycles. The highest BCUT2D eigenvalue weighted by Gasteiger charge is 2.27. The summed E-state index contributed by atoms with van der Waals surface area (Å²) in [4.78, 5) is 2.71. The van der Waals surface area contributed by atoms with Crippen LogP contribution in [0.3, 0.4) is 0 Å². The molecule has 1 aliphatic heterocycles. The van der Waals surface area contributed by atoms with Gasteiger partial charge in [-0.25, -0.2) is 0 Å². The molecule has 20 heavy (non-hydrogen) atoms. The number of hydrogen-bond donors (Lipinski definition) is 2. The lowest BCUT2D eigenvalue weighted by atomic mass is 9.90. The SMILES string of the molecule is CCCC1CCCCN1CCCC(CC)(CO)NCC. The lowest BCUT2D eigenvalue weighted by Gasteiger charge is -2.37. The van der Waals surface area contributed by atoms with Gasteiger partial charge in [0.25, 0.3) is 0 Å². The highest BCUT2D eigenvalue weighted by atomic mass is 16.3. The number of nitrogens with zero attached hydrogens (tertiary/aromatic N) is 1. The number of likely N-dealkylation sites (tertiary alicyclic amines) is 1. The maximum atomic E-state index is 9.70. The van der Waals surface area contributed by atoms with E-state index in [1.807, 2.05) is 0 Å². The van der Waals surface area contributed by atoms with Crippen molar-refractivity contribution in [1.82, 2.24) is 10.2 Å². The van der Waals surface area contributed by atoms with Crippen molar-refractivity contribution in [2.75, 3.05) is 26.2 Å². The molecule has 0 saturated carbocycles. The molecule has 0 aromatic heterocycles. The van der Waals surface area contributed by atoms with E-state index >= 15 is 0 Å². The third kappa shape index (κ3) is 5.34. The van der Waals surface area contributed by atoms with Crippen LogP contribution >= 0.6 is 0 Å². The largest absolute Gasteiger partial charge is 0.394 e. The third-order valence-electron chi connectivity index (χ3n) is 5.00. The summed E-state index contributed by atoms with van der Waals surface area (Å²) in [5.41, 5.74) is -0.0508. The van der Waals surface area contributed by atoms with Crippen LogP contribution < -0.4 is 5.32 Å². The van der Waals surface area contributed by atoms with Crippen molar-refractivity contribution in [3.8, 4) is 0 Å². The van der Waals surface area contributed by atoms with Gasteiger partial charge in [-0.1, -0.05) is 33.6 Å². The second kappa shape index (κ2) is 9.75. The number of likely N-dealkylation sites (N-methyl/N-ethyl adjacent to an activating group) is 1. The summed E-state index contributed by atoms with van der Waals surface area (Å²) in [5, 5.41) is 13.2. The normalized spacial score (nSPS) is 23.7. The molecule has 1 fully saturated rings. The van der Waals surface area contributed by atoms with E-state index in [4.69, 9.17) is 0 Å². The first-order chi connectivity index (χ1) is 9.71. The minimum absolute atomic E-state index is 0.0508. The van der Waals surface area contributed by atoms with Gasteiger partial charge >= 0.3 is 0 Å². The summed E-state index contributed by atoms with van der Waals surface area (Å²) in [5.74, 6) is 0. The smallest absolute Gasteiger partial charge is 0.0613 e. The molecular weight excluding hydrogens is 248 g/mol. The van der Waals surface area contributed by atoms with Crippen molar-refractivity contribution in [1.29, 1.82) is 0 Å². The van der Waals surface area contributed by atoms with Crippen LogP contribution in [0.2, 0.25) is 0 Å². The number of piperidine rings is 1. The van der Waals surface area contributed by atoms with E-state index in [2.05, 4.69) is 31.0 Å². The Hall–Kier alpha value is -0.120. The molecule has 2 N–H and O–H groups in total. The molecule has 120 valence electrons. The number of aliphatic hydroxyl groups is 1. The molecule has 0 radical (unpaired) electrons. The van der Waals surface area contributed by atoms with Crippen molar-refractivity contribution in [2.24, 2.45) is 0 Å². The van der Waals surface area contributed by atoms with E-state index in [9.17, 15) is 5.11 Å². The van der Waals surface area contributed by atoms with Crippen LogP contribution in [0.1, 0.15) is 72.1 Å². The van der Waals surface area contributed by atoms with Crippen LogP contribution in [0.5, 0.6) is 0 Å². The third-order valence-corrected chi connectivity index (χ3v) is 5.00. The van der Waals surface area contributed by atoms with Crippen LogP contribution in [-0.4, -0.2) is 47.8 Å². The topological polar surface area (TPSA) is 35.5 Å². The molecule has 0 spiro atoms. The van der Waals surface area contributed by atoms with Crippen LogP contribution in [-0.2, 0) is 0 Å². The van der Waals surface area contributed by atoms with Crippen molar-refractivity contribution in [3.63, 3.8) is 0 Å². The first-order valence-corrected chi connectivity index (χ1v) is 8.81. The van der Waals surface area contributed by atoms with E-state index in [1.54, 1.807) is 0 Å². The standard InChI is InChI=1S/C17H36N2O/c1-4-10-16-11-7-8-13-19(16)14-9-12-17(5-2,15-20)18-6-3/h16,18,20H,4-15H2,1-3H3. The van der Waals surface area contributed by atoms with Gasteiger partial charge in [0.2, 0.25) is 0 Å². The second-order valence-electron chi connectivity index (χ2n) is 6.40. The Morgan fingerprint density at radius 2 is 2.05 bits per heavy atom. The van der Waals surface area contributed by atoms with Crippen molar-refractivity contribution in [3.05, 3.63) is 0 Å². The minimum atomic E-state index is -0.0508. The molecule has 1 aliphatic rings. The molecule has 0 aliphatic carbocycles. The molecule has 3 heteroatoms. The van der Waals surface area contributed by atoms with Gasteiger partial charge in [0.05, 0.1) is 6.61 Å². The van der Waals surface area contributed by atoms with Gasteiger partial charge in [-0.15, -0.1) is 0 Å². The predicted octanol–water partition coefficient (Wildman–Crippen LogP) is 3.17. The Labute approximate surface area is 126 Å². The molecule has 1 rings (SSSR count). The predicted molar refractivity (Wildman–Crippen MR) is 87.1 cm³/mol. The van der Waals surface area contributed by atoms with Gasteiger partial charge in [-0.2, -0.15) is 0 Å². The van der Waals surface area contributed by atoms with E-state index < -0.39 is 0 Å². The van der Waals surface area contributed by atoms with E-state index in [1.165, 1.54) is 51.6 Å². The van der Waals surface area contributed by atoms with Crippen LogP contribution in [0.4, 0.5) is 0 Å². The van der Waals surface area contributed by atoms with Crippen molar-refractivity contribution < 1.29 is 5.11 Å². The molecule has 3 nitrogen and oxygen atoms in total. The van der Waals surface area contributed by atoms with Crippen LogP contribution in [0.25, 0.3) is 0 Å². The van der Waals surface area contributed by atoms with Crippen LogP contribution in [0.15, 0.2) is 0 Å². The number of hydrogen-bond acceptors (Lipinski definition) is 3. The molecular formula is C17H36N2O. The fourth-order valence-corrected chi connectivity index (χ4v) is 3.65.